The molecule has 1 amide bonds. The lowest BCUT2D eigenvalue weighted by molar-refractivity contribution is 0.0942. The zero-order valence-corrected chi connectivity index (χ0v) is 19.6. The highest BCUT2D eigenvalue weighted by molar-refractivity contribution is 6.04. The number of ether oxygens (including phenoxy) is 1. The van der Waals surface area contributed by atoms with Gasteiger partial charge < -0.3 is 15.0 Å². The van der Waals surface area contributed by atoms with E-state index in [0.29, 0.717) is 28.8 Å². The number of benzene rings is 2. The van der Waals surface area contributed by atoms with Gasteiger partial charge in [-0.3, -0.25) is 9.59 Å². The van der Waals surface area contributed by atoms with Gasteiger partial charge in [-0.25, -0.2) is 0 Å². The third-order valence-electron chi connectivity index (χ3n) is 6.22. The average molecular weight is 449 g/mol. The molecule has 0 radical (unpaired) electrons. The molecule has 1 aromatic heterocycles. The lowest BCUT2D eigenvalue weighted by Crippen LogP contribution is -2.40. The minimum Gasteiger partial charge on any atom is -0.497 e. The van der Waals surface area contributed by atoms with Crippen LogP contribution in [-0.2, 0) is 0 Å². The van der Waals surface area contributed by atoms with Crippen LogP contribution < -0.4 is 15.6 Å². The Kier molecular flexibility index (Phi) is 7.08. The Labute approximate surface area is 194 Å². The van der Waals surface area contributed by atoms with Crippen molar-refractivity contribution in [2.45, 2.75) is 26.7 Å². The van der Waals surface area contributed by atoms with E-state index in [9.17, 15) is 9.59 Å². The van der Waals surface area contributed by atoms with Gasteiger partial charge in [0.2, 0.25) is 0 Å². The fourth-order valence-electron chi connectivity index (χ4n) is 4.82. The van der Waals surface area contributed by atoms with E-state index < -0.39 is 0 Å². The number of hydrogen-bond donors (Lipinski definition) is 1. The molecule has 2 aromatic carbocycles. The molecule has 0 aliphatic carbocycles. The number of hydrogen-bond acceptors (Lipinski definition) is 5. The topological polar surface area (TPSA) is 76.5 Å². The van der Waals surface area contributed by atoms with Gasteiger partial charge in [-0.2, -0.15) is 9.78 Å². The van der Waals surface area contributed by atoms with Gasteiger partial charge in [-0.15, -0.1) is 0 Å². The molecule has 0 bridgehead atoms. The number of rotatable bonds is 7. The van der Waals surface area contributed by atoms with Crippen LogP contribution in [0.2, 0.25) is 0 Å². The van der Waals surface area contributed by atoms with Crippen LogP contribution in [0.25, 0.3) is 16.5 Å². The molecular weight excluding hydrogens is 416 g/mol. The summed E-state index contributed by atoms with van der Waals surface area (Å²) in [5, 5.41) is 8.48. The molecule has 1 aliphatic rings. The molecule has 0 saturated carbocycles. The molecule has 2 atom stereocenters. The van der Waals surface area contributed by atoms with Gasteiger partial charge in [0.1, 0.15) is 5.75 Å². The van der Waals surface area contributed by atoms with Crippen LogP contribution in [0.1, 0.15) is 37.2 Å². The van der Waals surface area contributed by atoms with Crippen LogP contribution in [0.5, 0.6) is 5.75 Å². The Balaban J connectivity index is 1.52. The van der Waals surface area contributed by atoms with Crippen molar-refractivity contribution in [1.82, 2.24) is 20.0 Å². The van der Waals surface area contributed by atoms with Gasteiger partial charge in [0, 0.05) is 25.0 Å². The lowest BCUT2D eigenvalue weighted by Gasteiger charge is -2.34. The van der Waals surface area contributed by atoms with E-state index in [4.69, 9.17) is 4.74 Å². The van der Waals surface area contributed by atoms with Crippen molar-refractivity contribution in [2.24, 2.45) is 11.8 Å². The first-order valence-corrected chi connectivity index (χ1v) is 11.6. The number of piperidine rings is 1. The van der Waals surface area contributed by atoms with Gasteiger partial charge in [0.15, 0.2) is 5.69 Å². The van der Waals surface area contributed by atoms with Crippen LogP contribution in [0.15, 0.2) is 53.3 Å². The molecule has 1 N–H and O–H groups in total. The summed E-state index contributed by atoms with van der Waals surface area (Å²) in [5.41, 5.74) is 0.566. The van der Waals surface area contributed by atoms with Gasteiger partial charge >= 0.3 is 0 Å². The number of amides is 1. The molecule has 2 heterocycles. The van der Waals surface area contributed by atoms with E-state index in [1.165, 1.54) is 11.1 Å². The summed E-state index contributed by atoms with van der Waals surface area (Å²) in [4.78, 5) is 28.7. The normalized spacial score (nSPS) is 18.9. The maximum Gasteiger partial charge on any atom is 0.279 e. The number of aromatic nitrogens is 2. The maximum atomic E-state index is 13.1. The number of likely N-dealkylation sites (tertiary alicyclic amines) is 1. The van der Waals surface area contributed by atoms with E-state index in [2.05, 4.69) is 29.2 Å². The fourth-order valence-corrected chi connectivity index (χ4v) is 4.82. The van der Waals surface area contributed by atoms with Crippen LogP contribution in [0.3, 0.4) is 0 Å². The van der Waals surface area contributed by atoms with Crippen LogP contribution in [-0.4, -0.2) is 53.9 Å². The van der Waals surface area contributed by atoms with Crippen LogP contribution >= 0.6 is 0 Å². The predicted molar refractivity (Wildman–Crippen MR) is 130 cm³/mol. The van der Waals surface area contributed by atoms with Crippen molar-refractivity contribution >= 4 is 16.7 Å². The van der Waals surface area contributed by atoms with E-state index in [1.807, 2.05) is 6.07 Å². The van der Waals surface area contributed by atoms with E-state index in [1.54, 1.807) is 49.6 Å². The molecule has 7 nitrogen and oxygen atoms in total. The summed E-state index contributed by atoms with van der Waals surface area (Å²) >= 11 is 0. The predicted octanol–water partition coefficient (Wildman–Crippen LogP) is 3.49. The van der Waals surface area contributed by atoms with Crippen molar-refractivity contribution < 1.29 is 9.53 Å². The number of fused-ring (bicyclic) bond motifs is 1. The molecular formula is C26H32N4O3. The maximum absolute atomic E-state index is 13.1. The lowest BCUT2D eigenvalue weighted by atomic mass is 9.92. The van der Waals surface area contributed by atoms with Crippen molar-refractivity contribution in [3.63, 3.8) is 0 Å². The van der Waals surface area contributed by atoms with Gasteiger partial charge in [-0.05, 0) is 61.6 Å². The first kappa shape index (κ1) is 23.0. The largest absolute Gasteiger partial charge is 0.497 e. The summed E-state index contributed by atoms with van der Waals surface area (Å²) in [6.07, 6.45) is 2.16. The summed E-state index contributed by atoms with van der Waals surface area (Å²) < 4.78 is 6.49. The van der Waals surface area contributed by atoms with Crippen molar-refractivity contribution in [2.75, 3.05) is 33.3 Å². The third kappa shape index (κ3) is 5.25. The third-order valence-corrected chi connectivity index (χ3v) is 6.22. The number of methoxy groups -OCH3 is 1. The second-order valence-electron chi connectivity index (χ2n) is 9.12. The minimum atomic E-state index is -0.270. The van der Waals surface area contributed by atoms with Crippen LogP contribution in [0, 0.1) is 11.8 Å². The first-order valence-electron chi connectivity index (χ1n) is 11.6. The SMILES string of the molecule is COc1ccc(-n2nc(C(=O)NCCCN3C[C@@H](C)C[C@H](C)C3)c3ccccc3c2=O)cc1. The Morgan fingerprint density at radius 3 is 2.39 bits per heavy atom. The molecule has 1 fully saturated rings. The number of nitrogens with zero attached hydrogens (tertiary/aromatic N) is 3. The molecule has 174 valence electrons. The highest BCUT2D eigenvalue weighted by atomic mass is 16.5. The highest BCUT2D eigenvalue weighted by Crippen LogP contribution is 2.21. The molecule has 0 unspecified atom stereocenters. The molecule has 4 rings (SSSR count). The highest BCUT2D eigenvalue weighted by Gasteiger charge is 2.21. The van der Waals surface area contributed by atoms with E-state index in [0.717, 1.165) is 37.9 Å². The molecule has 1 saturated heterocycles. The van der Waals surface area contributed by atoms with E-state index >= 15 is 0 Å². The number of carbonyl (C=O) groups is 1. The number of carbonyl (C=O) groups excluding carboxylic acids is 1. The summed E-state index contributed by atoms with van der Waals surface area (Å²) in [6.45, 7) is 8.39. The van der Waals surface area contributed by atoms with Gasteiger partial charge in [0.25, 0.3) is 11.5 Å². The standard InChI is InChI=1S/C26H32N4O3/c1-18-15-19(2)17-29(16-18)14-6-13-27-25(31)24-22-7-4-5-8-23(22)26(32)30(28-24)20-9-11-21(33-3)12-10-20/h4-5,7-12,18-19H,6,13-17H2,1-3H3,(H,27,31)/t18-,19-/m0/s1. The smallest absolute Gasteiger partial charge is 0.279 e. The quantitative estimate of drug-likeness (QED) is 0.560. The van der Waals surface area contributed by atoms with Gasteiger partial charge in [-0.1, -0.05) is 32.0 Å². The van der Waals surface area contributed by atoms with Crippen molar-refractivity contribution in [3.8, 4) is 11.4 Å². The Morgan fingerprint density at radius 2 is 1.73 bits per heavy atom. The molecule has 33 heavy (non-hydrogen) atoms. The van der Waals surface area contributed by atoms with E-state index in [-0.39, 0.29) is 17.2 Å². The zero-order valence-electron chi connectivity index (χ0n) is 19.6. The first-order chi connectivity index (χ1) is 16.0. The summed E-state index contributed by atoms with van der Waals surface area (Å²) in [6, 6.07) is 14.2. The van der Waals surface area contributed by atoms with Crippen molar-refractivity contribution in [3.05, 3.63) is 64.6 Å². The number of nitrogens with one attached hydrogen (secondary N) is 1. The molecule has 1 aliphatic heterocycles. The molecule has 3 aromatic rings. The Hall–Kier alpha value is -3.19. The second-order valence-corrected chi connectivity index (χ2v) is 9.12. The summed E-state index contributed by atoms with van der Waals surface area (Å²) in [5.74, 6) is 1.85. The Bertz CT molecular complexity index is 1160. The zero-order chi connectivity index (χ0) is 23.4. The second kappa shape index (κ2) is 10.2. The molecule has 0 spiro atoms. The fraction of sp³-hybridized carbons (Fsp3) is 0.423. The van der Waals surface area contributed by atoms with Crippen LogP contribution in [0.4, 0.5) is 0 Å². The average Bonchev–Trinajstić information content (AvgIpc) is 2.82. The van der Waals surface area contributed by atoms with Crippen molar-refractivity contribution in [1.29, 1.82) is 0 Å². The van der Waals surface area contributed by atoms with Gasteiger partial charge in [0.05, 0.1) is 18.2 Å². The summed E-state index contributed by atoms with van der Waals surface area (Å²) in [7, 11) is 1.59. The minimum absolute atomic E-state index is 0.251. The molecule has 7 heteroatoms. The Morgan fingerprint density at radius 1 is 1.06 bits per heavy atom. The monoisotopic (exact) mass is 448 g/mol.